The van der Waals surface area contributed by atoms with Crippen LogP contribution >= 0.6 is 0 Å². The van der Waals surface area contributed by atoms with Gasteiger partial charge in [-0.15, -0.1) is 0 Å². The third-order valence-corrected chi connectivity index (χ3v) is 6.34. The van der Waals surface area contributed by atoms with Gasteiger partial charge in [-0.2, -0.15) is 0 Å². The number of rotatable bonds is 5. The van der Waals surface area contributed by atoms with Crippen molar-refractivity contribution in [1.29, 1.82) is 0 Å². The summed E-state index contributed by atoms with van der Waals surface area (Å²) in [5, 5.41) is 2.93. The fourth-order valence-corrected chi connectivity index (χ4v) is 4.60. The van der Waals surface area contributed by atoms with Crippen molar-refractivity contribution in [2.24, 2.45) is 0 Å². The van der Waals surface area contributed by atoms with E-state index < -0.39 is 0 Å². The molecule has 0 spiro atoms. The minimum atomic E-state index is -0.322. The van der Waals surface area contributed by atoms with Gasteiger partial charge >= 0.3 is 0 Å². The van der Waals surface area contributed by atoms with Crippen LogP contribution in [0.3, 0.4) is 0 Å². The SMILES string of the molecule is COc1cccc(-c2cc3c(c(OC)c2)OCCN(C(=O)C[C@@H]2NC(=O)c4ccccc42)C3)c1. The van der Waals surface area contributed by atoms with E-state index in [1.807, 2.05) is 54.6 Å². The second-order valence-corrected chi connectivity index (χ2v) is 8.38. The van der Waals surface area contributed by atoms with Gasteiger partial charge in [-0.05, 0) is 47.0 Å². The Morgan fingerprint density at radius 3 is 2.74 bits per heavy atom. The van der Waals surface area contributed by atoms with Crippen LogP contribution < -0.4 is 19.5 Å². The molecule has 2 heterocycles. The van der Waals surface area contributed by atoms with Gasteiger partial charge in [0.2, 0.25) is 5.91 Å². The van der Waals surface area contributed by atoms with Crippen LogP contribution in [-0.2, 0) is 11.3 Å². The molecule has 5 rings (SSSR count). The highest BCUT2D eigenvalue weighted by molar-refractivity contribution is 5.99. The molecule has 1 atom stereocenters. The predicted molar refractivity (Wildman–Crippen MR) is 127 cm³/mol. The number of hydrogen-bond acceptors (Lipinski definition) is 5. The molecule has 0 saturated heterocycles. The molecule has 0 bridgehead atoms. The Morgan fingerprint density at radius 2 is 1.91 bits per heavy atom. The molecule has 0 saturated carbocycles. The lowest BCUT2D eigenvalue weighted by atomic mass is 10.0. The Balaban J connectivity index is 1.41. The molecule has 0 aliphatic carbocycles. The minimum absolute atomic E-state index is 0.0378. The maximum atomic E-state index is 13.3. The summed E-state index contributed by atoms with van der Waals surface area (Å²) >= 11 is 0. The lowest BCUT2D eigenvalue weighted by Crippen LogP contribution is -2.35. The smallest absolute Gasteiger partial charge is 0.252 e. The summed E-state index contributed by atoms with van der Waals surface area (Å²) in [6, 6.07) is 18.9. The van der Waals surface area contributed by atoms with Crippen molar-refractivity contribution in [3.05, 3.63) is 77.4 Å². The second-order valence-electron chi connectivity index (χ2n) is 8.38. The summed E-state index contributed by atoms with van der Waals surface area (Å²) < 4.78 is 17.0. The van der Waals surface area contributed by atoms with E-state index in [0.29, 0.717) is 36.8 Å². The zero-order valence-electron chi connectivity index (χ0n) is 19.2. The molecule has 3 aromatic carbocycles. The molecule has 2 aliphatic rings. The zero-order chi connectivity index (χ0) is 23.7. The molecule has 3 aromatic rings. The van der Waals surface area contributed by atoms with Crippen molar-refractivity contribution >= 4 is 11.8 Å². The topological polar surface area (TPSA) is 77.1 Å². The first-order valence-electron chi connectivity index (χ1n) is 11.2. The first-order valence-corrected chi connectivity index (χ1v) is 11.2. The van der Waals surface area contributed by atoms with Crippen molar-refractivity contribution in [2.45, 2.75) is 19.0 Å². The fraction of sp³-hybridized carbons (Fsp3) is 0.259. The van der Waals surface area contributed by atoms with Gasteiger partial charge in [0.25, 0.3) is 5.91 Å². The van der Waals surface area contributed by atoms with Gasteiger partial charge in [0.15, 0.2) is 11.5 Å². The number of hydrogen-bond donors (Lipinski definition) is 1. The van der Waals surface area contributed by atoms with E-state index in [4.69, 9.17) is 14.2 Å². The summed E-state index contributed by atoms with van der Waals surface area (Å²) in [7, 11) is 3.25. The number of ether oxygens (including phenoxy) is 3. The van der Waals surface area contributed by atoms with Crippen LogP contribution in [0.15, 0.2) is 60.7 Å². The fourth-order valence-electron chi connectivity index (χ4n) is 4.60. The van der Waals surface area contributed by atoms with Crippen LogP contribution in [0.5, 0.6) is 17.2 Å². The van der Waals surface area contributed by atoms with E-state index in [-0.39, 0.29) is 24.3 Å². The molecule has 0 radical (unpaired) electrons. The lowest BCUT2D eigenvalue weighted by molar-refractivity contribution is -0.132. The summed E-state index contributed by atoms with van der Waals surface area (Å²) in [5.74, 6) is 1.87. The van der Waals surface area contributed by atoms with Crippen molar-refractivity contribution in [3.63, 3.8) is 0 Å². The van der Waals surface area contributed by atoms with Crippen molar-refractivity contribution in [2.75, 3.05) is 27.4 Å². The molecule has 0 aromatic heterocycles. The van der Waals surface area contributed by atoms with Crippen molar-refractivity contribution < 1.29 is 23.8 Å². The largest absolute Gasteiger partial charge is 0.497 e. The number of fused-ring (bicyclic) bond motifs is 2. The number of nitrogens with zero attached hydrogens (tertiary/aromatic N) is 1. The number of methoxy groups -OCH3 is 2. The quantitative estimate of drug-likeness (QED) is 0.626. The molecule has 34 heavy (non-hydrogen) atoms. The molecule has 0 fully saturated rings. The Labute approximate surface area is 198 Å². The van der Waals surface area contributed by atoms with Gasteiger partial charge in [0.05, 0.1) is 33.2 Å². The summed E-state index contributed by atoms with van der Waals surface area (Å²) in [6.45, 7) is 1.21. The van der Waals surface area contributed by atoms with E-state index >= 15 is 0 Å². The van der Waals surface area contributed by atoms with Gasteiger partial charge in [-0.25, -0.2) is 0 Å². The Bertz CT molecular complexity index is 1260. The van der Waals surface area contributed by atoms with Crippen LogP contribution in [0.4, 0.5) is 0 Å². The van der Waals surface area contributed by atoms with E-state index in [1.54, 1.807) is 25.2 Å². The number of nitrogens with one attached hydrogen (secondary N) is 1. The predicted octanol–water partition coefficient (Wildman–Crippen LogP) is 3.97. The molecule has 0 unspecified atom stereocenters. The standard InChI is InChI=1S/C27H26N2O5/c1-32-20-7-5-6-17(13-20)18-12-19-16-29(10-11-34-26(19)24(14-18)33-2)25(30)15-23-21-8-3-4-9-22(21)27(31)28-23/h3-9,12-14,23H,10-11,15-16H2,1-2H3,(H,28,31)/t23-/m0/s1. The second kappa shape index (κ2) is 9.09. The van der Waals surface area contributed by atoms with Crippen LogP contribution in [0.2, 0.25) is 0 Å². The van der Waals surface area contributed by atoms with E-state index in [0.717, 1.165) is 28.0 Å². The number of benzene rings is 3. The van der Waals surface area contributed by atoms with Gasteiger partial charge in [0.1, 0.15) is 12.4 Å². The number of amides is 2. The van der Waals surface area contributed by atoms with E-state index in [9.17, 15) is 9.59 Å². The van der Waals surface area contributed by atoms with Crippen molar-refractivity contribution in [3.8, 4) is 28.4 Å². The van der Waals surface area contributed by atoms with Gasteiger partial charge < -0.3 is 24.4 Å². The van der Waals surface area contributed by atoms with Gasteiger partial charge in [-0.1, -0.05) is 30.3 Å². The lowest BCUT2D eigenvalue weighted by Gasteiger charge is -2.22. The Kier molecular flexibility index (Phi) is 5.84. The molecule has 2 aliphatic heterocycles. The molecule has 7 nitrogen and oxygen atoms in total. The zero-order valence-corrected chi connectivity index (χ0v) is 19.2. The molecule has 7 heteroatoms. The first-order chi connectivity index (χ1) is 16.6. The molecular weight excluding hydrogens is 432 g/mol. The highest BCUT2D eigenvalue weighted by Gasteiger charge is 2.32. The first kappa shape index (κ1) is 21.8. The third kappa shape index (κ3) is 4.05. The Morgan fingerprint density at radius 1 is 1.06 bits per heavy atom. The maximum absolute atomic E-state index is 13.3. The highest BCUT2D eigenvalue weighted by Crippen LogP contribution is 2.39. The molecule has 174 valence electrons. The van der Waals surface area contributed by atoms with Crippen LogP contribution in [0.25, 0.3) is 11.1 Å². The third-order valence-electron chi connectivity index (χ3n) is 6.34. The van der Waals surface area contributed by atoms with Crippen LogP contribution in [0.1, 0.15) is 33.9 Å². The number of carbonyl (C=O) groups is 2. The molecule has 2 amide bonds. The summed E-state index contributed by atoms with van der Waals surface area (Å²) in [6.07, 6.45) is 0.199. The summed E-state index contributed by atoms with van der Waals surface area (Å²) in [4.78, 5) is 27.3. The Hall–Kier alpha value is -4.00. The average molecular weight is 459 g/mol. The van der Waals surface area contributed by atoms with Crippen molar-refractivity contribution in [1.82, 2.24) is 10.2 Å². The van der Waals surface area contributed by atoms with E-state index in [2.05, 4.69) is 5.32 Å². The maximum Gasteiger partial charge on any atom is 0.252 e. The minimum Gasteiger partial charge on any atom is -0.497 e. The van der Waals surface area contributed by atoms with Gasteiger partial charge in [-0.3, -0.25) is 9.59 Å². The monoisotopic (exact) mass is 458 g/mol. The normalized spacial score (nSPS) is 16.6. The van der Waals surface area contributed by atoms with Gasteiger partial charge in [0, 0.05) is 17.7 Å². The van der Waals surface area contributed by atoms with E-state index in [1.165, 1.54) is 0 Å². The number of carbonyl (C=O) groups excluding carboxylic acids is 2. The average Bonchev–Trinajstić information content (AvgIpc) is 3.04. The molecular formula is C27H26N2O5. The van der Waals surface area contributed by atoms with Crippen LogP contribution in [0, 0.1) is 0 Å². The molecule has 1 N–H and O–H groups in total. The van der Waals surface area contributed by atoms with Crippen LogP contribution in [-0.4, -0.2) is 44.1 Å². The summed E-state index contributed by atoms with van der Waals surface area (Å²) in [5.41, 5.74) is 4.31. The highest BCUT2D eigenvalue weighted by atomic mass is 16.5.